The molecule has 2 aromatic rings. The molecular formula is C14H20N4O. The van der Waals surface area contributed by atoms with E-state index in [4.69, 9.17) is 5.73 Å². The zero-order valence-electron chi connectivity index (χ0n) is 11.2. The number of amides is 1. The quantitative estimate of drug-likeness (QED) is 0.768. The van der Waals surface area contributed by atoms with Gasteiger partial charge in [-0.25, -0.2) is 4.98 Å². The number of benzene rings is 1. The smallest absolute Gasteiger partial charge is 0.236 e. The molecule has 0 aliphatic carbocycles. The Labute approximate surface area is 112 Å². The molecule has 0 bridgehead atoms. The van der Waals surface area contributed by atoms with Crippen molar-refractivity contribution in [1.82, 2.24) is 14.9 Å². The molecule has 5 nitrogen and oxygen atoms in total. The van der Waals surface area contributed by atoms with Gasteiger partial charge in [0.2, 0.25) is 5.91 Å². The van der Waals surface area contributed by atoms with Gasteiger partial charge in [0, 0.05) is 13.1 Å². The van der Waals surface area contributed by atoms with Crippen molar-refractivity contribution in [2.45, 2.75) is 32.4 Å². The first-order valence-corrected chi connectivity index (χ1v) is 6.65. The Kier molecular flexibility index (Phi) is 4.52. The lowest BCUT2D eigenvalue weighted by molar-refractivity contribution is -0.122. The maximum atomic E-state index is 11.5. The Bertz CT molecular complexity index is 549. The van der Waals surface area contributed by atoms with Crippen molar-refractivity contribution >= 4 is 16.9 Å². The van der Waals surface area contributed by atoms with Crippen LogP contribution in [0.2, 0.25) is 0 Å². The predicted octanol–water partition coefficient (Wildman–Crippen LogP) is 1.28. The second-order valence-corrected chi connectivity index (χ2v) is 4.59. The summed E-state index contributed by atoms with van der Waals surface area (Å²) in [6.45, 7) is 3.38. The van der Waals surface area contributed by atoms with Gasteiger partial charge in [-0.1, -0.05) is 19.1 Å². The first-order chi connectivity index (χ1) is 9.22. The fourth-order valence-corrected chi connectivity index (χ4v) is 1.97. The molecule has 0 unspecified atom stereocenters. The molecule has 1 amide bonds. The number of hydrogen-bond acceptors (Lipinski definition) is 3. The van der Waals surface area contributed by atoms with Gasteiger partial charge in [-0.2, -0.15) is 0 Å². The van der Waals surface area contributed by atoms with E-state index in [9.17, 15) is 4.79 Å². The van der Waals surface area contributed by atoms with Crippen molar-refractivity contribution in [3.8, 4) is 0 Å². The van der Waals surface area contributed by atoms with Crippen LogP contribution >= 0.6 is 0 Å². The Morgan fingerprint density at radius 1 is 1.47 bits per heavy atom. The molecule has 0 radical (unpaired) electrons. The molecule has 0 aliphatic heterocycles. The van der Waals surface area contributed by atoms with Crippen LogP contribution in [0.4, 0.5) is 0 Å². The van der Waals surface area contributed by atoms with Gasteiger partial charge in [-0.3, -0.25) is 4.79 Å². The van der Waals surface area contributed by atoms with Crippen LogP contribution in [0.5, 0.6) is 0 Å². The van der Waals surface area contributed by atoms with E-state index in [0.29, 0.717) is 13.0 Å². The minimum Gasteiger partial charge on any atom is -0.355 e. The fraction of sp³-hybridized carbons (Fsp3) is 0.429. The molecule has 5 heteroatoms. The minimum atomic E-state index is -0.394. The van der Waals surface area contributed by atoms with E-state index in [2.05, 4.69) is 14.9 Å². The number of fused-ring (bicyclic) bond motifs is 1. The Hall–Kier alpha value is -1.88. The molecule has 0 spiro atoms. The van der Waals surface area contributed by atoms with Crippen molar-refractivity contribution < 1.29 is 4.79 Å². The third kappa shape index (κ3) is 3.32. The number of rotatable bonds is 6. The molecule has 1 atom stereocenters. The summed E-state index contributed by atoms with van der Waals surface area (Å²) < 4.78 is 2.10. The molecule has 19 heavy (non-hydrogen) atoms. The summed E-state index contributed by atoms with van der Waals surface area (Å²) in [6, 6.07) is 7.63. The highest BCUT2D eigenvalue weighted by molar-refractivity contribution is 5.81. The van der Waals surface area contributed by atoms with Crippen molar-refractivity contribution in [3.63, 3.8) is 0 Å². The molecule has 1 aromatic heterocycles. The number of nitrogens with one attached hydrogen (secondary N) is 1. The lowest BCUT2D eigenvalue weighted by atomic mass is 10.2. The average molecular weight is 260 g/mol. The Morgan fingerprint density at radius 3 is 3.05 bits per heavy atom. The molecule has 1 aromatic carbocycles. The van der Waals surface area contributed by atoms with Gasteiger partial charge >= 0.3 is 0 Å². The number of nitrogens with two attached hydrogens (primary N) is 1. The maximum Gasteiger partial charge on any atom is 0.236 e. The van der Waals surface area contributed by atoms with Crippen LogP contribution in [0, 0.1) is 0 Å². The normalized spacial score (nSPS) is 12.5. The van der Waals surface area contributed by atoms with Gasteiger partial charge in [-0.15, -0.1) is 0 Å². The Morgan fingerprint density at radius 2 is 2.26 bits per heavy atom. The van der Waals surface area contributed by atoms with Crippen molar-refractivity contribution in [1.29, 1.82) is 0 Å². The number of hydrogen-bond donors (Lipinski definition) is 2. The van der Waals surface area contributed by atoms with Crippen LogP contribution in [0.25, 0.3) is 11.0 Å². The van der Waals surface area contributed by atoms with Crippen molar-refractivity contribution in [2.75, 3.05) is 6.54 Å². The lowest BCUT2D eigenvalue weighted by Crippen LogP contribution is -2.40. The van der Waals surface area contributed by atoms with Crippen molar-refractivity contribution in [2.24, 2.45) is 5.73 Å². The topological polar surface area (TPSA) is 72.9 Å². The first kappa shape index (κ1) is 13.5. The third-order valence-electron chi connectivity index (χ3n) is 3.18. The third-order valence-corrected chi connectivity index (χ3v) is 3.18. The van der Waals surface area contributed by atoms with Crippen LogP contribution in [0.15, 0.2) is 30.6 Å². The molecule has 3 N–H and O–H groups in total. The van der Waals surface area contributed by atoms with Crippen LogP contribution in [-0.4, -0.2) is 28.0 Å². The van der Waals surface area contributed by atoms with Gasteiger partial charge in [0.15, 0.2) is 0 Å². The number of nitrogens with zero attached hydrogens (tertiary/aromatic N) is 2. The zero-order chi connectivity index (χ0) is 13.7. The Balaban J connectivity index is 1.82. The van der Waals surface area contributed by atoms with Gasteiger partial charge in [0.05, 0.1) is 23.4 Å². The predicted molar refractivity (Wildman–Crippen MR) is 75.6 cm³/mol. The van der Waals surface area contributed by atoms with Crippen LogP contribution in [-0.2, 0) is 11.3 Å². The summed E-state index contributed by atoms with van der Waals surface area (Å²) in [5, 5.41) is 2.85. The molecular weight excluding hydrogens is 240 g/mol. The molecule has 0 aliphatic rings. The van der Waals surface area contributed by atoms with E-state index in [0.717, 1.165) is 24.0 Å². The van der Waals surface area contributed by atoms with E-state index >= 15 is 0 Å². The van der Waals surface area contributed by atoms with Crippen LogP contribution in [0.1, 0.15) is 19.8 Å². The summed E-state index contributed by atoms with van der Waals surface area (Å²) in [5.41, 5.74) is 7.76. The van der Waals surface area contributed by atoms with Crippen LogP contribution in [0.3, 0.4) is 0 Å². The fourth-order valence-electron chi connectivity index (χ4n) is 1.97. The lowest BCUT2D eigenvalue weighted by Gasteiger charge is -2.10. The largest absolute Gasteiger partial charge is 0.355 e. The van der Waals surface area contributed by atoms with Gasteiger partial charge in [0.25, 0.3) is 0 Å². The average Bonchev–Trinajstić information content (AvgIpc) is 2.86. The summed E-state index contributed by atoms with van der Waals surface area (Å²) >= 11 is 0. The summed E-state index contributed by atoms with van der Waals surface area (Å²) in [6.07, 6.45) is 3.37. The molecule has 2 rings (SSSR count). The first-order valence-electron chi connectivity index (χ1n) is 6.65. The number of imidazole rings is 1. The molecule has 0 saturated heterocycles. The van der Waals surface area contributed by atoms with E-state index in [-0.39, 0.29) is 5.91 Å². The van der Waals surface area contributed by atoms with Gasteiger partial charge < -0.3 is 15.6 Å². The highest BCUT2D eigenvalue weighted by atomic mass is 16.2. The zero-order valence-corrected chi connectivity index (χ0v) is 11.2. The number of para-hydroxylation sites is 2. The number of carbonyl (C=O) groups excluding carboxylic acids is 1. The summed E-state index contributed by atoms with van der Waals surface area (Å²) in [4.78, 5) is 15.8. The van der Waals surface area contributed by atoms with Gasteiger partial charge in [-0.05, 0) is 25.0 Å². The molecule has 0 saturated carbocycles. The molecule has 102 valence electrons. The number of aryl methyl sites for hydroxylation is 1. The highest BCUT2D eigenvalue weighted by Crippen LogP contribution is 2.11. The second-order valence-electron chi connectivity index (χ2n) is 4.59. The van der Waals surface area contributed by atoms with E-state index in [1.165, 1.54) is 0 Å². The maximum absolute atomic E-state index is 11.5. The van der Waals surface area contributed by atoms with Crippen molar-refractivity contribution in [3.05, 3.63) is 30.6 Å². The molecule has 1 heterocycles. The van der Waals surface area contributed by atoms with E-state index < -0.39 is 6.04 Å². The van der Waals surface area contributed by atoms with E-state index in [1.54, 1.807) is 0 Å². The standard InChI is InChI=1S/C14H20N4O/c1-2-11(15)14(19)16-8-5-9-18-10-17-12-6-3-4-7-13(12)18/h3-4,6-7,10-11H,2,5,8-9,15H2,1H3,(H,16,19)/t11-/m0/s1. The summed E-state index contributed by atoms with van der Waals surface area (Å²) in [7, 11) is 0. The molecule has 0 fully saturated rings. The monoisotopic (exact) mass is 260 g/mol. The van der Waals surface area contributed by atoms with E-state index in [1.807, 2.05) is 37.5 Å². The number of carbonyl (C=O) groups is 1. The summed E-state index contributed by atoms with van der Waals surface area (Å²) in [5.74, 6) is -0.0713. The second kappa shape index (κ2) is 6.33. The highest BCUT2D eigenvalue weighted by Gasteiger charge is 2.09. The SMILES string of the molecule is CC[C@H](N)C(=O)NCCCn1cnc2ccccc21. The van der Waals surface area contributed by atoms with Gasteiger partial charge in [0.1, 0.15) is 0 Å². The minimum absolute atomic E-state index is 0.0713. The number of aromatic nitrogens is 2. The van der Waals surface area contributed by atoms with Crippen LogP contribution < -0.4 is 11.1 Å².